The van der Waals surface area contributed by atoms with Crippen LogP contribution in [0.4, 0.5) is 4.79 Å². The third kappa shape index (κ3) is 3.98. The topological polar surface area (TPSA) is 76.7 Å². The van der Waals surface area contributed by atoms with E-state index in [1.807, 2.05) is 72.8 Å². The normalized spacial score (nSPS) is 16.0. The lowest BCUT2D eigenvalue weighted by molar-refractivity contribution is -0.139. The number of esters is 1. The first-order chi connectivity index (χ1) is 14.7. The summed E-state index contributed by atoms with van der Waals surface area (Å²) in [4.78, 5) is 25.1. The summed E-state index contributed by atoms with van der Waals surface area (Å²) >= 11 is 0. The zero-order valence-electron chi connectivity index (χ0n) is 16.6. The number of hydrogen-bond acceptors (Lipinski definition) is 4. The largest absolute Gasteiger partial charge is 0.487 e. The predicted molar refractivity (Wildman–Crippen MR) is 114 cm³/mol. The van der Waals surface area contributed by atoms with Crippen LogP contribution in [0.1, 0.15) is 18.5 Å². The Labute approximate surface area is 174 Å². The van der Waals surface area contributed by atoms with E-state index in [1.165, 1.54) is 0 Å². The number of rotatable bonds is 6. The van der Waals surface area contributed by atoms with Gasteiger partial charge in [0, 0.05) is 5.39 Å². The summed E-state index contributed by atoms with van der Waals surface area (Å²) in [7, 11) is 0. The second-order valence-corrected chi connectivity index (χ2v) is 6.82. The van der Waals surface area contributed by atoms with Crippen LogP contribution in [-0.4, -0.2) is 25.2 Å². The molecule has 0 saturated carbocycles. The molecule has 0 bridgehead atoms. The Morgan fingerprint density at radius 1 is 0.967 bits per heavy atom. The van der Waals surface area contributed by atoms with Crippen LogP contribution in [0.15, 0.2) is 84.1 Å². The lowest BCUT2D eigenvalue weighted by atomic mass is 9.95. The van der Waals surface area contributed by atoms with E-state index in [0.717, 1.165) is 16.3 Å². The van der Waals surface area contributed by atoms with E-state index in [0.29, 0.717) is 17.0 Å². The molecule has 152 valence electrons. The van der Waals surface area contributed by atoms with Crippen molar-refractivity contribution >= 4 is 22.8 Å². The van der Waals surface area contributed by atoms with Crippen LogP contribution >= 0.6 is 0 Å². The van der Waals surface area contributed by atoms with E-state index in [1.54, 1.807) is 6.92 Å². The molecule has 0 aliphatic carbocycles. The van der Waals surface area contributed by atoms with Gasteiger partial charge in [-0.1, -0.05) is 66.7 Å². The van der Waals surface area contributed by atoms with Crippen molar-refractivity contribution < 1.29 is 19.1 Å². The first kappa shape index (κ1) is 19.5. The van der Waals surface area contributed by atoms with Gasteiger partial charge in [-0.15, -0.1) is 0 Å². The second-order valence-electron chi connectivity index (χ2n) is 6.82. The highest BCUT2D eigenvalue weighted by molar-refractivity contribution is 5.95. The summed E-state index contributed by atoms with van der Waals surface area (Å²) in [5.41, 5.74) is 1.51. The number of nitrogens with one attached hydrogen (secondary N) is 2. The standard InChI is InChI=1S/C24H22N2O4/c1-2-29-23(27)21-19(25-24(28)26-22(21)17-10-4-3-5-11-17)15-30-20-14-8-12-16-9-6-7-13-18(16)20/h3-14,22H,2,15H2,1H3,(H2,25,26,28)/t22-/m1/s1. The van der Waals surface area contributed by atoms with E-state index < -0.39 is 18.0 Å². The van der Waals surface area contributed by atoms with Crippen LogP contribution in [-0.2, 0) is 9.53 Å². The first-order valence-electron chi connectivity index (χ1n) is 9.80. The van der Waals surface area contributed by atoms with Crippen molar-refractivity contribution in [2.75, 3.05) is 13.2 Å². The number of benzene rings is 3. The summed E-state index contributed by atoms with van der Waals surface area (Å²) < 4.78 is 11.3. The third-order valence-electron chi connectivity index (χ3n) is 4.90. The van der Waals surface area contributed by atoms with Crippen molar-refractivity contribution in [1.82, 2.24) is 10.6 Å². The van der Waals surface area contributed by atoms with E-state index in [2.05, 4.69) is 10.6 Å². The molecular formula is C24H22N2O4. The zero-order valence-corrected chi connectivity index (χ0v) is 16.6. The maximum absolute atomic E-state index is 12.8. The Bertz CT molecular complexity index is 1100. The van der Waals surface area contributed by atoms with Gasteiger partial charge >= 0.3 is 12.0 Å². The Morgan fingerprint density at radius 2 is 1.70 bits per heavy atom. The van der Waals surface area contributed by atoms with Crippen LogP contribution in [0.2, 0.25) is 0 Å². The molecule has 2 amide bonds. The molecular weight excluding hydrogens is 380 g/mol. The zero-order chi connectivity index (χ0) is 20.9. The van der Waals surface area contributed by atoms with Crippen molar-refractivity contribution in [2.24, 2.45) is 0 Å². The smallest absolute Gasteiger partial charge is 0.338 e. The number of hydrogen-bond donors (Lipinski definition) is 2. The number of amides is 2. The molecule has 4 rings (SSSR count). The maximum atomic E-state index is 12.8. The molecule has 2 N–H and O–H groups in total. The second kappa shape index (κ2) is 8.69. The van der Waals surface area contributed by atoms with Crippen molar-refractivity contribution in [3.05, 3.63) is 89.6 Å². The summed E-state index contributed by atoms with van der Waals surface area (Å²) in [6.07, 6.45) is 0. The Hall–Kier alpha value is -3.80. The van der Waals surface area contributed by atoms with Crippen molar-refractivity contribution in [1.29, 1.82) is 0 Å². The van der Waals surface area contributed by atoms with Crippen LogP contribution in [0.3, 0.4) is 0 Å². The molecule has 3 aromatic carbocycles. The maximum Gasteiger partial charge on any atom is 0.338 e. The van der Waals surface area contributed by atoms with E-state index in [-0.39, 0.29) is 13.2 Å². The molecule has 0 unspecified atom stereocenters. The molecule has 1 aliphatic heterocycles. The summed E-state index contributed by atoms with van der Waals surface area (Å²) in [5, 5.41) is 7.55. The minimum Gasteiger partial charge on any atom is -0.487 e. The Balaban J connectivity index is 1.71. The fraction of sp³-hybridized carbons (Fsp3) is 0.167. The Morgan fingerprint density at radius 3 is 2.50 bits per heavy atom. The lowest BCUT2D eigenvalue weighted by Crippen LogP contribution is -2.47. The molecule has 0 spiro atoms. The van der Waals surface area contributed by atoms with Gasteiger partial charge in [0.2, 0.25) is 0 Å². The van der Waals surface area contributed by atoms with Crippen LogP contribution < -0.4 is 15.4 Å². The molecule has 1 heterocycles. The minimum atomic E-state index is -0.620. The summed E-state index contributed by atoms with van der Waals surface area (Å²) in [6, 6.07) is 22.0. The van der Waals surface area contributed by atoms with Gasteiger partial charge in [0.05, 0.1) is 23.9 Å². The van der Waals surface area contributed by atoms with Gasteiger partial charge in [0.15, 0.2) is 0 Å². The van der Waals surface area contributed by atoms with Gasteiger partial charge in [-0.2, -0.15) is 0 Å². The summed E-state index contributed by atoms with van der Waals surface area (Å²) in [5.74, 6) is 0.184. The molecule has 0 fully saturated rings. The number of fused-ring (bicyclic) bond motifs is 1. The van der Waals surface area contributed by atoms with Gasteiger partial charge in [-0.25, -0.2) is 9.59 Å². The van der Waals surface area contributed by atoms with Gasteiger partial charge in [-0.3, -0.25) is 0 Å². The minimum absolute atomic E-state index is 0.0267. The van der Waals surface area contributed by atoms with Gasteiger partial charge in [0.1, 0.15) is 12.4 Å². The number of ether oxygens (including phenoxy) is 2. The molecule has 0 saturated heterocycles. The monoisotopic (exact) mass is 402 g/mol. The van der Waals surface area contributed by atoms with E-state index >= 15 is 0 Å². The van der Waals surface area contributed by atoms with Crippen molar-refractivity contribution in [3.63, 3.8) is 0 Å². The molecule has 3 aromatic rings. The number of urea groups is 1. The number of carbonyl (C=O) groups excluding carboxylic acids is 2. The van der Waals surface area contributed by atoms with Gasteiger partial charge in [-0.05, 0) is 23.9 Å². The lowest BCUT2D eigenvalue weighted by Gasteiger charge is -2.29. The molecule has 6 nitrogen and oxygen atoms in total. The van der Waals surface area contributed by atoms with Gasteiger partial charge in [0.25, 0.3) is 0 Å². The van der Waals surface area contributed by atoms with Crippen LogP contribution in [0.25, 0.3) is 10.8 Å². The first-order valence-corrected chi connectivity index (χ1v) is 9.80. The highest BCUT2D eigenvalue weighted by Crippen LogP contribution is 2.29. The SMILES string of the molecule is CCOC(=O)C1=C(COc2cccc3ccccc23)NC(=O)N[C@@H]1c1ccccc1. The molecule has 0 aromatic heterocycles. The fourth-order valence-electron chi connectivity index (χ4n) is 3.55. The highest BCUT2D eigenvalue weighted by Gasteiger charge is 2.33. The third-order valence-corrected chi connectivity index (χ3v) is 4.90. The number of carbonyl (C=O) groups is 2. The van der Waals surface area contributed by atoms with Crippen LogP contribution in [0, 0.1) is 0 Å². The molecule has 1 atom stereocenters. The highest BCUT2D eigenvalue weighted by atomic mass is 16.5. The van der Waals surface area contributed by atoms with E-state index in [4.69, 9.17) is 9.47 Å². The molecule has 0 radical (unpaired) electrons. The quantitative estimate of drug-likeness (QED) is 0.609. The van der Waals surface area contributed by atoms with Crippen molar-refractivity contribution in [3.8, 4) is 5.75 Å². The average Bonchev–Trinajstić information content (AvgIpc) is 2.78. The molecule has 30 heavy (non-hydrogen) atoms. The average molecular weight is 402 g/mol. The molecule has 1 aliphatic rings. The Kier molecular flexibility index (Phi) is 5.66. The van der Waals surface area contributed by atoms with Crippen LogP contribution in [0.5, 0.6) is 5.75 Å². The van der Waals surface area contributed by atoms with E-state index in [9.17, 15) is 9.59 Å². The fourth-order valence-corrected chi connectivity index (χ4v) is 3.55. The van der Waals surface area contributed by atoms with Gasteiger partial charge < -0.3 is 20.1 Å². The van der Waals surface area contributed by atoms with Crippen molar-refractivity contribution in [2.45, 2.75) is 13.0 Å². The predicted octanol–water partition coefficient (Wildman–Crippen LogP) is 4.09. The molecule has 6 heteroatoms. The summed E-state index contributed by atoms with van der Waals surface area (Å²) in [6.45, 7) is 2.01.